The van der Waals surface area contributed by atoms with E-state index in [2.05, 4.69) is 32.5 Å². The third-order valence-electron chi connectivity index (χ3n) is 7.39. The second-order valence-corrected chi connectivity index (χ2v) is 9.97. The van der Waals surface area contributed by atoms with Crippen LogP contribution in [0.3, 0.4) is 0 Å². The van der Waals surface area contributed by atoms with Gasteiger partial charge in [-0.25, -0.2) is 19.2 Å². The molecule has 2 unspecified atom stereocenters. The number of piperidine rings is 1. The first-order chi connectivity index (χ1) is 17.9. The number of halogens is 1. The highest BCUT2D eigenvalue weighted by Crippen LogP contribution is 2.39. The topological polar surface area (TPSA) is 124 Å². The van der Waals surface area contributed by atoms with Crippen LogP contribution in [0.4, 0.5) is 26.4 Å². The Labute approximate surface area is 213 Å². The number of carbonyl (C=O) groups is 1. The number of aromatic nitrogens is 2. The highest BCUT2D eigenvalue weighted by molar-refractivity contribution is 5.99. The molecule has 0 spiro atoms. The van der Waals surface area contributed by atoms with Crippen LogP contribution in [-0.4, -0.2) is 73.6 Å². The number of hydrogen-bond acceptors (Lipinski definition) is 9. The zero-order valence-electron chi connectivity index (χ0n) is 20.7. The first kappa shape index (κ1) is 23.7. The number of likely N-dealkylation sites (tertiary alicyclic amines) is 1. The van der Waals surface area contributed by atoms with Crippen LogP contribution in [0.1, 0.15) is 5.56 Å². The maximum Gasteiger partial charge on any atom is 0.413 e. The van der Waals surface area contributed by atoms with Gasteiger partial charge in [-0.1, -0.05) is 0 Å². The SMILES string of the molecule is Cc1c(-c2cc3cc(NC(=O)OC4C5COCC4CN(C)C5)ncc3c(N)c2F)cnc2c1NCCO2. The van der Waals surface area contributed by atoms with Gasteiger partial charge in [-0.05, 0) is 37.1 Å². The molecule has 4 N–H and O–H groups in total. The Bertz CT molecular complexity index is 1370. The lowest BCUT2D eigenvalue weighted by atomic mass is 9.85. The molecule has 2 aromatic heterocycles. The fraction of sp³-hybridized carbons (Fsp3) is 0.423. The van der Waals surface area contributed by atoms with Gasteiger partial charge in [-0.2, -0.15) is 0 Å². The minimum absolute atomic E-state index is 0.0189. The number of pyridine rings is 2. The van der Waals surface area contributed by atoms with Crippen LogP contribution >= 0.6 is 0 Å². The van der Waals surface area contributed by atoms with E-state index in [1.54, 1.807) is 18.3 Å². The fourth-order valence-electron chi connectivity index (χ4n) is 5.64. The van der Waals surface area contributed by atoms with Crippen molar-refractivity contribution in [3.63, 3.8) is 0 Å². The van der Waals surface area contributed by atoms with Gasteiger partial charge in [-0.15, -0.1) is 0 Å². The summed E-state index contributed by atoms with van der Waals surface area (Å²) in [5.74, 6) is 0.500. The Morgan fingerprint density at radius 3 is 2.78 bits per heavy atom. The molecule has 2 atom stereocenters. The van der Waals surface area contributed by atoms with Gasteiger partial charge in [0.15, 0.2) is 5.82 Å². The van der Waals surface area contributed by atoms with E-state index in [0.717, 1.165) is 24.3 Å². The number of fused-ring (bicyclic) bond motifs is 4. The van der Waals surface area contributed by atoms with Gasteiger partial charge in [0.1, 0.15) is 24.2 Å². The van der Waals surface area contributed by atoms with E-state index < -0.39 is 11.9 Å². The van der Waals surface area contributed by atoms with Gasteiger partial charge in [0.05, 0.1) is 18.9 Å². The van der Waals surface area contributed by atoms with Gasteiger partial charge in [-0.3, -0.25) is 5.32 Å². The molecule has 5 heterocycles. The molecule has 194 valence electrons. The molecular weight excluding hydrogens is 479 g/mol. The number of hydrogen-bond donors (Lipinski definition) is 3. The Hall–Kier alpha value is -3.70. The summed E-state index contributed by atoms with van der Waals surface area (Å²) >= 11 is 0. The maximum absolute atomic E-state index is 15.4. The van der Waals surface area contributed by atoms with Gasteiger partial charge < -0.3 is 30.2 Å². The molecule has 2 bridgehead atoms. The molecule has 37 heavy (non-hydrogen) atoms. The number of rotatable bonds is 3. The Morgan fingerprint density at radius 2 is 2.00 bits per heavy atom. The number of carbonyl (C=O) groups excluding carboxylic acids is 1. The molecule has 1 amide bonds. The molecule has 3 aromatic rings. The predicted molar refractivity (Wildman–Crippen MR) is 137 cm³/mol. The molecule has 0 saturated carbocycles. The summed E-state index contributed by atoms with van der Waals surface area (Å²) in [6.45, 7) is 5.82. The summed E-state index contributed by atoms with van der Waals surface area (Å²) in [6, 6.07) is 3.36. The Kier molecular flexibility index (Phi) is 5.96. The highest BCUT2D eigenvalue weighted by Gasteiger charge is 2.41. The number of nitrogen functional groups attached to an aromatic ring is 1. The van der Waals surface area contributed by atoms with Crippen molar-refractivity contribution in [1.29, 1.82) is 0 Å². The molecule has 2 fully saturated rings. The molecule has 1 aromatic carbocycles. The lowest BCUT2D eigenvalue weighted by molar-refractivity contribution is -0.119. The summed E-state index contributed by atoms with van der Waals surface area (Å²) in [5, 5.41) is 7.08. The van der Waals surface area contributed by atoms with E-state index in [-0.39, 0.29) is 23.6 Å². The molecule has 0 radical (unpaired) electrons. The van der Waals surface area contributed by atoms with E-state index in [4.69, 9.17) is 19.9 Å². The van der Waals surface area contributed by atoms with Crippen LogP contribution in [0.5, 0.6) is 5.88 Å². The third kappa shape index (κ3) is 4.27. The Morgan fingerprint density at radius 1 is 1.22 bits per heavy atom. The van der Waals surface area contributed by atoms with Crippen molar-refractivity contribution in [2.45, 2.75) is 13.0 Å². The summed E-state index contributed by atoms with van der Waals surface area (Å²) in [6.07, 6.45) is 2.26. The van der Waals surface area contributed by atoms with Crippen molar-refractivity contribution in [2.75, 3.05) is 62.9 Å². The van der Waals surface area contributed by atoms with E-state index in [0.29, 0.717) is 60.0 Å². The van der Waals surface area contributed by atoms with Crippen molar-refractivity contribution >= 4 is 34.1 Å². The van der Waals surface area contributed by atoms with Gasteiger partial charge in [0.25, 0.3) is 0 Å². The number of ether oxygens (including phenoxy) is 3. The van der Waals surface area contributed by atoms with Crippen LogP contribution in [-0.2, 0) is 9.47 Å². The van der Waals surface area contributed by atoms with Gasteiger partial charge >= 0.3 is 6.09 Å². The van der Waals surface area contributed by atoms with Crippen molar-refractivity contribution in [1.82, 2.24) is 14.9 Å². The summed E-state index contributed by atoms with van der Waals surface area (Å²) in [4.78, 5) is 23.7. The molecule has 2 saturated heterocycles. The van der Waals surface area contributed by atoms with Crippen LogP contribution in [0.2, 0.25) is 0 Å². The molecule has 6 rings (SSSR count). The molecule has 10 nitrogen and oxygen atoms in total. The third-order valence-corrected chi connectivity index (χ3v) is 7.39. The highest BCUT2D eigenvalue weighted by atomic mass is 19.1. The predicted octanol–water partition coefficient (Wildman–Crippen LogP) is 3.26. The first-order valence-electron chi connectivity index (χ1n) is 12.4. The summed E-state index contributed by atoms with van der Waals surface area (Å²) in [7, 11) is 2.06. The summed E-state index contributed by atoms with van der Waals surface area (Å²) in [5.41, 5.74) is 8.62. The zero-order chi connectivity index (χ0) is 25.7. The average molecular weight is 509 g/mol. The lowest BCUT2D eigenvalue weighted by Gasteiger charge is -2.44. The monoisotopic (exact) mass is 508 g/mol. The van der Waals surface area contributed by atoms with Crippen molar-refractivity contribution in [3.8, 4) is 17.0 Å². The number of benzene rings is 1. The number of amides is 1. The van der Waals surface area contributed by atoms with E-state index in [1.165, 1.54) is 6.20 Å². The van der Waals surface area contributed by atoms with E-state index in [1.807, 2.05) is 6.92 Å². The number of nitrogens with two attached hydrogens (primary N) is 1. The molecule has 11 heteroatoms. The van der Waals surface area contributed by atoms with Crippen molar-refractivity contribution in [2.24, 2.45) is 11.8 Å². The molecule has 3 aliphatic rings. The van der Waals surface area contributed by atoms with Crippen LogP contribution in [0, 0.1) is 24.6 Å². The molecular formula is C26H29FN6O4. The van der Waals surface area contributed by atoms with Gasteiger partial charge in [0.2, 0.25) is 5.88 Å². The smallest absolute Gasteiger partial charge is 0.413 e. The van der Waals surface area contributed by atoms with Crippen molar-refractivity contribution in [3.05, 3.63) is 35.9 Å². The zero-order valence-corrected chi connectivity index (χ0v) is 20.7. The second-order valence-electron chi connectivity index (χ2n) is 9.97. The maximum atomic E-state index is 15.4. The normalized spacial score (nSPS) is 23.1. The molecule has 0 aliphatic carbocycles. The standard InChI is InChI=1S/C26H29FN6O4/c1-13-18(7-31-25-23(13)29-3-4-36-25)17-5-14-6-20(30-8-19(14)22(28)21(17)27)32-26(34)37-24-15-9-33(2)10-16(24)12-35-11-15/h5-8,15-16,24,29H,3-4,9-12,28H2,1-2H3,(H,30,32,34). The minimum atomic E-state index is -0.575. The Balaban J connectivity index is 1.28. The fourth-order valence-corrected chi connectivity index (χ4v) is 5.64. The minimum Gasteiger partial charge on any atom is -0.474 e. The van der Waals surface area contributed by atoms with Crippen molar-refractivity contribution < 1.29 is 23.4 Å². The van der Waals surface area contributed by atoms with E-state index in [9.17, 15) is 4.79 Å². The quantitative estimate of drug-likeness (QED) is 0.457. The van der Waals surface area contributed by atoms with E-state index >= 15 is 4.39 Å². The van der Waals surface area contributed by atoms with Crippen LogP contribution in [0.25, 0.3) is 21.9 Å². The largest absolute Gasteiger partial charge is 0.474 e. The van der Waals surface area contributed by atoms with Crippen LogP contribution in [0.15, 0.2) is 24.5 Å². The average Bonchev–Trinajstić information content (AvgIpc) is 2.87. The number of anilines is 3. The van der Waals surface area contributed by atoms with Gasteiger partial charge in [0, 0.05) is 60.4 Å². The lowest BCUT2D eigenvalue weighted by Crippen LogP contribution is -2.55. The summed E-state index contributed by atoms with van der Waals surface area (Å²) < 4.78 is 32.5. The number of nitrogens with one attached hydrogen (secondary N) is 2. The molecule has 3 aliphatic heterocycles. The first-order valence-corrected chi connectivity index (χ1v) is 12.4. The second kappa shape index (κ2) is 9.31. The number of nitrogens with zero attached hydrogens (tertiary/aromatic N) is 3. The van der Waals surface area contributed by atoms with Crippen LogP contribution < -0.4 is 21.1 Å².